The van der Waals surface area contributed by atoms with Crippen molar-refractivity contribution in [1.82, 2.24) is 0 Å². The van der Waals surface area contributed by atoms with Gasteiger partial charge in [0.15, 0.2) is 0 Å². The summed E-state index contributed by atoms with van der Waals surface area (Å²) in [6.07, 6.45) is 0. The Bertz CT molecular complexity index is 477. The molecule has 0 fully saturated rings. The van der Waals surface area contributed by atoms with Crippen molar-refractivity contribution >= 4 is 0 Å². The molecule has 0 amide bonds. The van der Waals surface area contributed by atoms with Crippen LogP contribution >= 0.6 is 0 Å². The first-order chi connectivity index (χ1) is 10.4. The minimum Gasteiger partial charge on any atom is 3.00 e. The zero-order valence-corrected chi connectivity index (χ0v) is 24.4. The van der Waals surface area contributed by atoms with Crippen LogP contribution in [0.5, 0.6) is 0 Å². The normalized spacial score (nSPS) is 5.77. The van der Waals surface area contributed by atoms with E-state index in [-0.39, 0.29) is 72.6 Å². The van der Waals surface area contributed by atoms with E-state index in [4.69, 9.17) is 68.3 Å². The van der Waals surface area contributed by atoms with E-state index in [9.17, 15) is 0 Å². The van der Waals surface area contributed by atoms with Crippen molar-refractivity contribution in [3.63, 3.8) is 0 Å². The van der Waals surface area contributed by atoms with Crippen LogP contribution in [0.1, 0.15) is 0 Å². The van der Waals surface area contributed by atoms with E-state index in [1.165, 1.54) is 0 Å². The van der Waals surface area contributed by atoms with Crippen molar-refractivity contribution in [2.24, 2.45) is 0 Å². The Morgan fingerprint density at radius 2 is 0.308 bits per heavy atom. The summed E-state index contributed by atoms with van der Waals surface area (Å²) in [5, 5.41) is 0. The molecule has 0 spiro atoms. The van der Waals surface area contributed by atoms with Crippen molar-refractivity contribution in [2.45, 2.75) is 0 Å². The Balaban J connectivity index is -0.0000000245. The summed E-state index contributed by atoms with van der Waals surface area (Å²) >= 11 is -23.6. The first kappa shape index (κ1) is 51.7. The Hall–Kier alpha value is 3.30. The molecule has 0 rings (SSSR count). The molecule has 0 heterocycles. The second-order valence-corrected chi connectivity index (χ2v) is 5.53. The quantitative estimate of drug-likeness (QED) is 0.219. The van der Waals surface area contributed by atoms with Crippen molar-refractivity contribution in [2.75, 3.05) is 0 Å². The molecule has 0 bridgehead atoms. The molecule has 0 aliphatic carbocycles. The van der Waals surface area contributed by atoms with Crippen LogP contribution in [0.25, 0.3) is 0 Å². The van der Waals surface area contributed by atoms with Crippen LogP contribution < -0.4 is 24.2 Å². The zero-order chi connectivity index (χ0) is 21.5. The number of hydrogen-bond donors (Lipinski definition) is 0. The third kappa shape index (κ3) is 1740. The van der Waals surface area contributed by atoms with Crippen LogP contribution in [-0.4, -0.2) is 0 Å². The Kier molecular flexibility index (Phi) is 92.5. The maximum atomic E-state index is 8.56. The standard InChI is InChI=1S/Gd.18O.6V.Y/q+3;;;;;;;;;;;;;6*-1;;;;;;;+3. The smallest absolute Gasteiger partial charge is 3.00 e. The molecule has 26 heavy (non-hydrogen) atoms. The van der Waals surface area contributed by atoms with Gasteiger partial charge in [0.25, 0.3) is 0 Å². The Labute approximate surface area is 228 Å². The van der Waals surface area contributed by atoms with Gasteiger partial charge >= 0.3 is 233 Å². The van der Waals surface area contributed by atoms with E-state index in [1.807, 2.05) is 0 Å². The molecular weight excluding hydrogens is 840 g/mol. The topological polar surface area (TPSA) is 343 Å². The fourth-order valence-electron chi connectivity index (χ4n) is 0. The van der Waals surface area contributed by atoms with Gasteiger partial charge in [0.2, 0.25) is 0 Å². The molecule has 149 valence electrons. The van der Waals surface area contributed by atoms with E-state index >= 15 is 0 Å². The predicted octanol–water partition coefficient (Wildman–Crippen LogP) is -8.58. The number of rotatable bonds is 0. The van der Waals surface area contributed by atoms with Crippen LogP contribution in [0.4, 0.5) is 0 Å². The first-order valence-corrected chi connectivity index (χ1v) is 13.5. The zero-order valence-electron chi connectivity index (χ0n) is 11.0. The van der Waals surface area contributed by atoms with E-state index < -0.39 is 92.4 Å². The van der Waals surface area contributed by atoms with Gasteiger partial charge in [-0.1, -0.05) is 0 Å². The molecule has 1 radical (unpaired) electrons. The molecule has 0 aliphatic rings. The molecule has 18 nitrogen and oxygen atoms in total. The van der Waals surface area contributed by atoms with Gasteiger partial charge in [-0.2, -0.15) is 0 Å². The van der Waals surface area contributed by atoms with Gasteiger partial charge < -0.3 is 0 Å². The van der Waals surface area contributed by atoms with Crippen LogP contribution in [-0.2, 0) is 169 Å². The summed E-state index contributed by atoms with van der Waals surface area (Å²) in [7, 11) is 0. The molecule has 0 unspecified atom stereocenters. The summed E-state index contributed by atoms with van der Waals surface area (Å²) in [4.78, 5) is 0. The molecule has 0 aliphatic heterocycles. The third-order valence-electron chi connectivity index (χ3n) is 0. The van der Waals surface area contributed by atoms with Crippen molar-refractivity contribution < 1.29 is 233 Å². The van der Waals surface area contributed by atoms with Gasteiger partial charge in [-0.05, 0) is 0 Å². The molecule has 0 saturated carbocycles. The Morgan fingerprint density at radius 1 is 0.308 bits per heavy atom. The summed E-state index contributed by atoms with van der Waals surface area (Å²) in [6.45, 7) is 0. The number of hydrogen-bond acceptors (Lipinski definition) is 18. The largest absolute Gasteiger partial charge is 3.00 e. The minimum atomic E-state index is -3.94. The van der Waals surface area contributed by atoms with E-state index in [0.29, 0.717) is 0 Å². The van der Waals surface area contributed by atoms with Crippen molar-refractivity contribution in [1.29, 1.82) is 0 Å². The summed E-state index contributed by atoms with van der Waals surface area (Å²) in [5.74, 6) is 0. The van der Waals surface area contributed by atoms with Crippen LogP contribution in [0.2, 0.25) is 0 Å². The molecule has 0 aromatic rings. The maximum Gasteiger partial charge on any atom is 3.00 e. The van der Waals surface area contributed by atoms with Gasteiger partial charge in [-0.25, -0.2) is 0 Å². The summed E-state index contributed by atoms with van der Waals surface area (Å²) in [6, 6.07) is 0. The van der Waals surface area contributed by atoms with Crippen molar-refractivity contribution in [3.8, 4) is 0 Å². The van der Waals surface area contributed by atoms with E-state index in [1.54, 1.807) is 0 Å². The van der Waals surface area contributed by atoms with E-state index in [2.05, 4.69) is 0 Å². The summed E-state index contributed by atoms with van der Waals surface area (Å²) in [5.41, 5.74) is 0. The molecule has 0 aromatic heterocycles. The second-order valence-electron chi connectivity index (χ2n) is 1.34. The average molecular weight is 840 g/mol. The first-order valence-electron chi connectivity index (χ1n) is 3.29. The molecular formula is GdO18V6Y. The summed E-state index contributed by atoms with van der Waals surface area (Å²) < 4.78 is 154. The fraction of sp³-hybridized carbons (Fsp3) is 0. The Morgan fingerprint density at radius 3 is 0.308 bits per heavy atom. The predicted molar refractivity (Wildman–Crippen MR) is 8.24 cm³/mol. The molecule has 26 heteroatoms. The van der Waals surface area contributed by atoms with Gasteiger partial charge in [-0.15, -0.1) is 0 Å². The van der Waals surface area contributed by atoms with Crippen LogP contribution in [0.15, 0.2) is 0 Å². The van der Waals surface area contributed by atoms with E-state index in [0.717, 1.165) is 0 Å². The van der Waals surface area contributed by atoms with Gasteiger partial charge in [0, 0.05) is 0 Å². The molecule has 0 atom stereocenters. The molecule has 0 N–H and O–H groups in total. The second kappa shape index (κ2) is 46.5. The molecule has 0 saturated heterocycles. The van der Waals surface area contributed by atoms with Crippen LogP contribution in [0, 0.1) is 39.9 Å². The monoisotopic (exact) mass is 840 g/mol. The van der Waals surface area contributed by atoms with Gasteiger partial charge in [-0.3, -0.25) is 0 Å². The van der Waals surface area contributed by atoms with Crippen LogP contribution in [0.3, 0.4) is 0 Å². The van der Waals surface area contributed by atoms with Crippen molar-refractivity contribution in [3.05, 3.63) is 0 Å². The third-order valence-corrected chi connectivity index (χ3v) is 0. The van der Waals surface area contributed by atoms with Gasteiger partial charge in [0.05, 0.1) is 0 Å². The average Bonchev–Trinajstić information content (AvgIpc) is 2.08. The molecule has 0 aromatic carbocycles. The fourth-order valence-corrected chi connectivity index (χ4v) is 0. The van der Waals surface area contributed by atoms with Gasteiger partial charge in [0.1, 0.15) is 0 Å². The minimum absolute atomic E-state index is 0. The maximum absolute atomic E-state index is 8.56. The SMILES string of the molecule is [Gd+3].[O]=[V](=[O])[O-].[O]=[V](=[O])[O-].[O]=[V](=[O])[O-].[O]=[V](=[O])[O-].[O]=[V](=[O])[O-].[O]=[V](=[O])[O-].[Y+3].